The van der Waals surface area contributed by atoms with Crippen molar-refractivity contribution < 1.29 is 5.11 Å². The van der Waals surface area contributed by atoms with E-state index >= 15 is 0 Å². The van der Waals surface area contributed by atoms with E-state index in [9.17, 15) is 5.11 Å². The Labute approximate surface area is 100 Å². The number of hydrogen-bond donors (Lipinski definition) is 1. The van der Waals surface area contributed by atoms with Gasteiger partial charge in [-0.3, -0.25) is 0 Å². The molecule has 1 heterocycles. The van der Waals surface area contributed by atoms with E-state index in [-0.39, 0.29) is 0 Å². The van der Waals surface area contributed by atoms with Crippen molar-refractivity contribution >= 4 is 22.9 Å². The van der Waals surface area contributed by atoms with E-state index in [0.717, 1.165) is 22.1 Å². The second-order valence-corrected chi connectivity index (χ2v) is 6.40. The summed E-state index contributed by atoms with van der Waals surface area (Å²) in [6.07, 6.45) is 3.20. The van der Waals surface area contributed by atoms with Crippen LogP contribution < -0.4 is 0 Å². The van der Waals surface area contributed by atoms with E-state index in [1.165, 1.54) is 17.8 Å². The van der Waals surface area contributed by atoms with Crippen molar-refractivity contribution in [1.82, 2.24) is 0 Å². The third-order valence-corrected chi connectivity index (χ3v) is 5.22. The largest absolute Gasteiger partial charge is 0.384 e. The fourth-order valence-electron chi connectivity index (χ4n) is 2.54. The average Bonchev–Trinajstić information content (AvgIpc) is 2.62. The number of rotatable bonds is 1. The summed E-state index contributed by atoms with van der Waals surface area (Å²) in [6, 6.07) is 3.85. The molecule has 1 aliphatic rings. The van der Waals surface area contributed by atoms with Gasteiger partial charge in [-0.1, -0.05) is 31.9 Å². The maximum absolute atomic E-state index is 10.7. The Morgan fingerprint density at radius 2 is 2.20 bits per heavy atom. The molecule has 1 nitrogen and oxygen atoms in total. The van der Waals surface area contributed by atoms with E-state index in [4.69, 9.17) is 11.6 Å². The van der Waals surface area contributed by atoms with Gasteiger partial charge < -0.3 is 5.11 Å². The van der Waals surface area contributed by atoms with Crippen LogP contribution in [0.1, 0.15) is 38.0 Å². The zero-order valence-electron chi connectivity index (χ0n) is 9.16. The standard InChI is InChI=1S/C12H17ClOS/c1-8-4-3-7-12(14,9(8)2)10-5-6-11(13)15-10/h5-6,8-9,14H,3-4,7H2,1-2H3. The first-order valence-corrected chi connectivity index (χ1v) is 6.71. The van der Waals surface area contributed by atoms with Gasteiger partial charge in [0.25, 0.3) is 0 Å². The van der Waals surface area contributed by atoms with Crippen LogP contribution in [0.3, 0.4) is 0 Å². The van der Waals surface area contributed by atoms with Crippen molar-refractivity contribution in [2.75, 3.05) is 0 Å². The van der Waals surface area contributed by atoms with Crippen molar-refractivity contribution in [3.8, 4) is 0 Å². The van der Waals surface area contributed by atoms with Gasteiger partial charge >= 0.3 is 0 Å². The van der Waals surface area contributed by atoms with Gasteiger partial charge in [0.05, 0.1) is 4.34 Å². The lowest BCUT2D eigenvalue weighted by Crippen LogP contribution is -2.39. The molecule has 2 rings (SSSR count). The molecule has 1 aromatic heterocycles. The van der Waals surface area contributed by atoms with E-state index in [0.29, 0.717) is 11.8 Å². The summed E-state index contributed by atoms with van der Waals surface area (Å²) in [5.74, 6) is 0.908. The minimum Gasteiger partial charge on any atom is -0.384 e. The lowest BCUT2D eigenvalue weighted by atomic mass is 9.70. The Hall–Kier alpha value is -0.0500. The van der Waals surface area contributed by atoms with Crippen LogP contribution in [0.2, 0.25) is 4.34 Å². The predicted molar refractivity (Wildman–Crippen MR) is 65.4 cm³/mol. The topological polar surface area (TPSA) is 20.2 Å². The third-order valence-electron chi connectivity index (χ3n) is 3.82. The van der Waals surface area contributed by atoms with Gasteiger partial charge in [0.2, 0.25) is 0 Å². The molecule has 0 spiro atoms. The molecule has 0 aromatic carbocycles. The highest BCUT2D eigenvalue weighted by Crippen LogP contribution is 2.46. The molecule has 1 saturated carbocycles. The van der Waals surface area contributed by atoms with Crippen molar-refractivity contribution in [1.29, 1.82) is 0 Å². The van der Waals surface area contributed by atoms with Crippen molar-refractivity contribution in [3.63, 3.8) is 0 Å². The fourth-order valence-corrected chi connectivity index (χ4v) is 3.80. The predicted octanol–water partition coefficient (Wildman–Crippen LogP) is 4.05. The van der Waals surface area contributed by atoms with E-state index in [1.54, 1.807) is 0 Å². The van der Waals surface area contributed by atoms with Crippen LogP contribution in [-0.2, 0) is 5.60 Å². The minimum absolute atomic E-state index is 0.320. The minimum atomic E-state index is -0.643. The molecule has 3 heteroatoms. The first-order chi connectivity index (χ1) is 7.04. The highest BCUT2D eigenvalue weighted by molar-refractivity contribution is 7.16. The number of thiophene rings is 1. The number of aliphatic hydroxyl groups is 1. The first kappa shape index (κ1) is 11.4. The van der Waals surface area contributed by atoms with E-state index in [1.807, 2.05) is 12.1 Å². The average molecular weight is 245 g/mol. The molecule has 84 valence electrons. The molecule has 1 N–H and O–H groups in total. The van der Waals surface area contributed by atoms with Gasteiger partial charge in [0.1, 0.15) is 5.60 Å². The van der Waals surface area contributed by atoms with E-state index in [2.05, 4.69) is 13.8 Å². The molecule has 1 aromatic rings. The van der Waals surface area contributed by atoms with Crippen LogP contribution in [-0.4, -0.2) is 5.11 Å². The lowest BCUT2D eigenvalue weighted by molar-refractivity contribution is -0.0659. The summed E-state index contributed by atoms with van der Waals surface area (Å²) in [6.45, 7) is 4.38. The summed E-state index contributed by atoms with van der Waals surface area (Å²) >= 11 is 7.45. The SMILES string of the molecule is CC1CCCC(O)(c2ccc(Cl)s2)C1C. The molecule has 3 unspecified atom stereocenters. The Morgan fingerprint density at radius 3 is 2.80 bits per heavy atom. The fraction of sp³-hybridized carbons (Fsp3) is 0.667. The van der Waals surface area contributed by atoms with Crippen LogP contribution >= 0.6 is 22.9 Å². The lowest BCUT2D eigenvalue weighted by Gasteiger charge is -2.41. The Bertz CT molecular complexity index is 349. The first-order valence-electron chi connectivity index (χ1n) is 5.52. The second kappa shape index (κ2) is 4.08. The molecular weight excluding hydrogens is 228 g/mol. The van der Waals surface area contributed by atoms with Gasteiger partial charge in [-0.15, -0.1) is 11.3 Å². The van der Waals surface area contributed by atoms with Gasteiger partial charge in [0, 0.05) is 4.88 Å². The number of hydrogen-bond acceptors (Lipinski definition) is 2. The van der Waals surface area contributed by atoms with Gasteiger partial charge in [-0.05, 0) is 36.8 Å². The molecule has 15 heavy (non-hydrogen) atoms. The molecule has 0 amide bonds. The van der Waals surface area contributed by atoms with Gasteiger partial charge in [-0.25, -0.2) is 0 Å². The molecule has 0 bridgehead atoms. The second-order valence-electron chi connectivity index (χ2n) is 4.69. The molecule has 1 aliphatic carbocycles. The quantitative estimate of drug-likeness (QED) is 0.791. The maximum atomic E-state index is 10.7. The zero-order valence-corrected chi connectivity index (χ0v) is 10.7. The third kappa shape index (κ3) is 1.95. The molecule has 0 aliphatic heterocycles. The van der Waals surface area contributed by atoms with Gasteiger partial charge in [0.15, 0.2) is 0 Å². The van der Waals surface area contributed by atoms with Crippen LogP contribution in [0.15, 0.2) is 12.1 Å². The molecule has 3 atom stereocenters. The maximum Gasteiger partial charge on any atom is 0.102 e. The zero-order chi connectivity index (χ0) is 11.1. The Kier molecular flexibility index (Phi) is 3.11. The van der Waals surface area contributed by atoms with Crippen LogP contribution in [0.5, 0.6) is 0 Å². The molecule has 0 radical (unpaired) electrons. The monoisotopic (exact) mass is 244 g/mol. The van der Waals surface area contributed by atoms with Crippen molar-refractivity contribution in [2.24, 2.45) is 11.8 Å². The summed E-state index contributed by atoms with van der Waals surface area (Å²) < 4.78 is 0.767. The van der Waals surface area contributed by atoms with E-state index < -0.39 is 5.60 Å². The normalized spacial score (nSPS) is 36.8. The van der Waals surface area contributed by atoms with Crippen molar-refractivity contribution in [3.05, 3.63) is 21.3 Å². The Morgan fingerprint density at radius 1 is 1.47 bits per heavy atom. The summed E-state index contributed by atoms with van der Waals surface area (Å²) in [4.78, 5) is 1.03. The van der Waals surface area contributed by atoms with Gasteiger partial charge in [-0.2, -0.15) is 0 Å². The summed E-state index contributed by atoms with van der Waals surface area (Å²) in [5.41, 5.74) is -0.643. The summed E-state index contributed by atoms with van der Waals surface area (Å²) in [7, 11) is 0. The van der Waals surface area contributed by atoms with Crippen LogP contribution in [0.4, 0.5) is 0 Å². The summed E-state index contributed by atoms with van der Waals surface area (Å²) in [5, 5.41) is 10.7. The molecular formula is C12H17ClOS. The number of halogens is 1. The highest BCUT2D eigenvalue weighted by Gasteiger charge is 2.42. The molecule has 1 fully saturated rings. The smallest absolute Gasteiger partial charge is 0.102 e. The highest BCUT2D eigenvalue weighted by atomic mass is 35.5. The Balaban J connectivity index is 2.32. The van der Waals surface area contributed by atoms with Crippen LogP contribution in [0.25, 0.3) is 0 Å². The van der Waals surface area contributed by atoms with Crippen molar-refractivity contribution in [2.45, 2.75) is 38.7 Å². The van der Waals surface area contributed by atoms with Crippen LogP contribution in [0, 0.1) is 11.8 Å². The molecule has 0 saturated heterocycles.